The molecule has 0 spiro atoms. The standard InChI is InChI=1S/C21H16Cl2N4OS/c1-27(2)18-9-7-13-10-12(6-8-16(13)24-18)11-17-20(28)26-21(29-17)25-19-14(22)4-3-5-15(19)23/h3-11H,1-2H3,(H,25,26,28). The number of carbonyl (C=O) groups is 1. The lowest BCUT2D eigenvalue weighted by Crippen LogP contribution is -2.19. The van der Waals surface area contributed by atoms with E-state index in [9.17, 15) is 4.79 Å². The maximum atomic E-state index is 12.4. The van der Waals surface area contributed by atoms with E-state index in [0.29, 0.717) is 25.8 Å². The number of benzene rings is 2. The van der Waals surface area contributed by atoms with Crippen molar-refractivity contribution < 1.29 is 4.79 Å². The summed E-state index contributed by atoms with van der Waals surface area (Å²) < 4.78 is 0. The average molecular weight is 443 g/mol. The number of thioether (sulfide) groups is 1. The minimum absolute atomic E-state index is 0.210. The molecule has 0 unspecified atom stereocenters. The van der Waals surface area contributed by atoms with Crippen molar-refractivity contribution in [3.8, 4) is 0 Å². The van der Waals surface area contributed by atoms with E-state index in [-0.39, 0.29) is 5.91 Å². The predicted octanol–water partition coefficient (Wildman–Crippen LogP) is 5.50. The number of nitrogens with zero attached hydrogens (tertiary/aromatic N) is 3. The van der Waals surface area contributed by atoms with Gasteiger partial charge in [0, 0.05) is 19.5 Å². The third kappa shape index (κ3) is 4.24. The molecule has 5 nitrogen and oxygen atoms in total. The Labute approximate surface area is 182 Å². The Bertz CT molecular complexity index is 1170. The minimum Gasteiger partial charge on any atom is -0.363 e. The fourth-order valence-electron chi connectivity index (χ4n) is 2.80. The van der Waals surface area contributed by atoms with Crippen molar-refractivity contribution in [1.82, 2.24) is 10.3 Å². The van der Waals surface area contributed by atoms with Gasteiger partial charge in [0.25, 0.3) is 5.91 Å². The largest absolute Gasteiger partial charge is 0.363 e. The number of halogens is 2. The summed E-state index contributed by atoms with van der Waals surface area (Å²) in [5.41, 5.74) is 2.25. The van der Waals surface area contributed by atoms with Crippen molar-refractivity contribution in [3.63, 3.8) is 0 Å². The first-order valence-corrected chi connectivity index (χ1v) is 10.3. The van der Waals surface area contributed by atoms with Gasteiger partial charge in [0.1, 0.15) is 11.5 Å². The molecule has 1 saturated heterocycles. The van der Waals surface area contributed by atoms with Crippen molar-refractivity contribution >= 4 is 74.5 Å². The molecule has 146 valence electrons. The number of aliphatic imine (C=N–C) groups is 1. The summed E-state index contributed by atoms with van der Waals surface area (Å²) in [5.74, 6) is 0.687. The highest BCUT2D eigenvalue weighted by Crippen LogP contribution is 2.35. The van der Waals surface area contributed by atoms with E-state index in [1.165, 1.54) is 11.8 Å². The van der Waals surface area contributed by atoms with Gasteiger partial charge in [-0.1, -0.05) is 35.3 Å². The van der Waals surface area contributed by atoms with Crippen LogP contribution < -0.4 is 10.2 Å². The number of pyridine rings is 1. The van der Waals surface area contributed by atoms with E-state index in [4.69, 9.17) is 23.2 Å². The SMILES string of the molecule is CN(C)c1ccc2cc(C=C3SC(=Nc4c(Cl)cccc4Cl)NC3=O)ccc2n1. The van der Waals surface area contributed by atoms with Crippen molar-refractivity contribution in [1.29, 1.82) is 0 Å². The lowest BCUT2D eigenvalue weighted by molar-refractivity contribution is -0.115. The Morgan fingerprint density at radius 3 is 2.59 bits per heavy atom. The first-order chi connectivity index (χ1) is 13.9. The molecule has 1 aromatic heterocycles. The molecule has 1 amide bonds. The van der Waals surface area contributed by atoms with Crippen LogP contribution in [0.5, 0.6) is 0 Å². The number of fused-ring (bicyclic) bond motifs is 1. The summed E-state index contributed by atoms with van der Waals surface area (Å²) in [4.78, 5) is 23.9. The third-order valence-electron chi connectivity index (χ3n) is 4.26. The molecule has 0 radical (unpaired) electrons. The highest BCUT2D eigenvalue weighted by molar-refractivity contribution is 8.18. The maximum Gasteiger partial charge on any atom is 0.264 e. The Morgan fingerprint density at radius 1 is 1.10 bits per heavy atom. The molecular weight excluding hydrogens is 427 g/mol. The Hall–Kier alpha value is -2.54. The van der Waals surface area contributed by atoms with Gasteiger partial charge >= 0.3 is 0 Å². The molecule has 0 aliphatic carbocycles. The van der Waals surface area contributed by atoms with Crippen molar-refractivity contribution in [2.45, 2.75) is 0 Å². The third-order valence-corrected chi connectivity index (χ3v) is 5.78. The summed E-state index contributed by atoms with van der Waals surface area (Å²) in [6.07, 6.45) is 1.83. The molecule has 4 rings (SSSR count). The van der Waals surface area contributed by atoms with Gasteiger partial charge in [0.05, 0.1) is 20.5 Å². The summed E-state index contributed by atoms with van der Waals surface area (Å²) in [6, 6.07) is 15.0. The monoisotopic (exact) mass is 442 g/mol. The second-order valence-corrected chi connectivity index (χ2v) is 8.41. The average Bonchev–Trinajstić information content (AvgIpc) is 3.03. The molecule has 29 heavy (non-hydrogen) atoms. The van der Waals surface area contributed by atoms with Gasteiger partial charge in [0.2, 0.25) is 0 Å². The zero-order valence-corrected chi connectivity index (χ0v) is 17.9. The lowest BCUT2D eigenvalue weighted by atomic mass is 10.1. The molecule has 0 bridgehead atoms. The molecule has 0 saturated carbocycles. The number of anilines is 1. The lowest BCUT2D eigenvalue weighted by Gasteiger charge is -2.11. The van der Waals surface area contributed by atoms with E-state index >= 15 is 0 Å². The molecule has 3 aromatic rings. The molecule has 8 heteroatoms. The quantitative estimate of drug-likeness (QED) is 0.544. The normalized spacial score (nSPS) is 16.6. The molecule has 2 heterocycles. The number of carbonyl (C=O) groups excluding carboxylic acids is 1. The number of hydrogen-bond acceptors (Lipinski definition) is 5. The van der Waals surface area contributed by atoms with E-state index in [1.54, 1.807) is 18.2 Å². The Morgan fingerprint density at radius 2 is 1.86 bits per heavy atom. The fraction of sp³-hybridized carbons (Fsp3) is 0.0952. The maximum absolute atomic E-state index is 12.4. The first-order valence-electron chi connectivity index (χ1n) is 8.72. The van der Waals surface area contributed by atoms with E-state index in [0.717, 1.165) is 22.3 Å². The van der Waals surface area contributed by atoms with Crippen LogP contribution in [0.25, 0.3) is 17.0 Å². The highest BCUT2D eigenvalue weighted by atomic mass is 35.5. The Balaban J connectivity index is 1.62. The number of amides is 1. The predicted molar refractivity (Wildman–Crippen MR) is 123 cm³/mol. The number of nitrogens with one attached hydrogen (secondary N) is 1. The molecule has 1 N–H and O–H groups in total. The molecule has 1 fully saturated rings. The molecule has 1 aliphatic heterocycles. The van der Waals surface area contributed by atoms with Gasteiger partial charge in [0.15, 0.2) is 5.17 Å². The number of aromatic nitrogens is 1. The first kappa shape index (κ1) is 19.8. The van der Waals surface area contributed by atoms with Gasteiger partial charge in [-0.05, 0) is 59.8 Å². The van der Waals surface area contributed by atoms with Crippen LogP contribution in [0.3, 0.4) is 0 Å². The number of rotatable bonds is 3. The molecule has 1 aliphatic rings. The minimum atomic E-state index is -0.210. The van der Waals surface area contributed by atoms with E-state index in [1.807, 2.05) is 55.4 Å². The summed E-state index contributed by atoms with van der Waals surface area (Å²) in [7, 11) is 3.91. The number of amidine groups is 1. The second kappa shape index (κ2) is 8.06. The van der Waals surface area contributed by atoms with E-state index < -0.39 is 0 Å². The summed E-state index contributed by atoms with van der Waals surface area (Å²) >= 11 is 13.6. The van der Waals surface area contributed by atoms with Crippen molar-refractivity contribution in [2.75, 3.05) is 19.0 Å². The molecule has 2 aromatic carbocycles. The smallest absolute Gasteiger partial charge is 0.264 e. The van der Waals surface area contributed by atoms with Crippen LogP contribution in [-0.2, 0) is 4.79 Å². The zero-order valence-electron chi connectivity index (χ0n) is 15.6. The van der Waals surface area contributed by atoms with Crippen LogP contribution in [-0.4, -0.2) is 30.2 Å². The highest BCUT2D eigenvalue weighted by Gasteiger charge is 2.24. The summed E-state index contributed by atoms with van der Waals surface area (Å²) in [5, 5.41) is 5.05. The van der Waals surface area contributed by atoms with Gasteiger partial charge in [-0.15, -0.1) is 0 Å². The van der Waals surface area contributed by atoms with Crippen molar-refractivity contribution in [2.24, 2.45) is 4.99 Å². The van der Waals surface area contributed by atoms with Gasteiger partial charge in [-0.2, -0.15) is 0 Å². The second-order valence-electron chi connectivity index (χ2n) is 6.57. The van der Waals surface area contributed by atoms with Crippen LogP contribution in [0, 0.1) is 0 Å². The van der Waals surface area contributed by atoms with Crippen LogP contribution in [0.15, 0.2) is 58.4 Å². The van der Waals surface area contributed by atoms with Gasteiger partial charge in [-0.3, -0.25) is 4.79 Å². The van der Waals surface area contributed by atoms with Crippen LogP contribution in [0.2, 0.25) is 10.0 Å². The van der Waals surface area contributed by atoms with Gasteiger partial charge in [-0.25, -0.2) is 9.98 Å². The fourth-order valence-corrected chi connectivity index (χ4v) is 4.11. The Kier molecular flexibility index (Phi) is 5.50. The van der Waals surface area contributed by atoms with E-state index in [2.05, 4.69) is 15.3 Å². The topological polar surface area (TPSA) is 57.6 Å². The van der Waals surface area contributed by atoms with Crippen LogP contribution in [0.1, 0.15) is 5.56 Å². The van der Waals surface area contributed by atoms with Crippen molar-refractivity contribution in [3.05, 3.63) is 69.0 Å². The molecule has 0 atom stereocenters. The van der Waals surface area contributed by atoms with Crippen LogP contribution >= 0.6 is 35.0 Å². The van der Waals surface area contributed by atoms with Gasteiger partial charge < -0.3 is 10.2 Å². The van der Waals surface area contributed by atoms with Crippen LogP contribution in [0.4, 0.5) is 11.5 Å². The summed E-state index contributed by atoms with van der Waals surface area (Å²) in [6.45, 7) is 0. The number of hydrogen-bond donors (Lipinski definition) is 1. The molecular formula is C21H16Cl2N4OS. The number of para-hydroxylation sites is 1. The zero-order chi connectivity index (χ0) is 20.5.